The van der Waals surface area contributed by atoms with Gasteiger partial charge in [-0.25, -0.2) is 0 Å². The van der Waals surface area contributed by atoms with Crippen LogP contribution in [0.2, 0.25) is 0 Å². The summed E-state index contributed by atoms with van der Waals surface area (Å²) in [5.41, 5.74) is 0.242. The minimum Gasteiger partial charge on any atom is -0.381 e. The van der Waals surface area contributed by atoms with Gasteiger partial charge in [-0.1, -0.05) is 19.9 Å². The Balaban J connectivity index is 1.78. The molecule has 102 valence electrons. The first-order valence-corrected chi connectivity index (χ1v) is 7.80. The number of thiophene rings is 1. The summed E-state index contributed by atoms with van der Waals surface area (Å²) in [5.74, 6) is 0. The molecule has 0 amide bonds. The van der Waals surface area contributed by atoms with Crippen molar-refractivity contribution < 1.29 is 4.74 Å². The molecule has 0 saturated heterocycles. The van der Waals surface area contributed by atoms with E-state index in [2.05, 4.69) is 36.7 Å². The van der Waals surface area contributed by atoms with Gasteiger partial charge in [0.2, 0.25) is 0 Å². The molecule has 1 aromatic rings. The van der Waals surface area contributed by atoms with E-state index in [9.17, 15) is 0 Å². The third-order valence-corrected chi connectivity index (χ3v) is 5.26. The van der Waals surface area contributed by atoms with Gasteiger partial charge in [0, 0.05) is 30.0 Å². The fourth-order valence-corrected chi connectivity index (χ4v) is 3.51. The number of rotatable bonds is 5. The predicted molar refractivity (Wildman–Crippen MR) is 78.4 cm³/mol. The van der Waals surface area contributed by atoms with Crippen molar-refractivity contribution >= 4 is 11.3 Å². The van der Waals surface area contributed by atoms with Crippen LogP contribution in [0.3, 0.4) is 0 Å². The lowest BCUT2D eigenvalue weighted by Gasteiger charge is -2.32. The van der Waals surface area contributed by atoms with Crippen molar-refractivity contribution in [2.24, 2.45) is 0 Å². The van der Waals surface area contributed by atoms with Crippen LogP contribution in [-0.2, 0) is 10.2 Å². The van der Waals surface area contributed by atoms with Gasteiger partial charge in [0.1, 0.15) is 0 Å². The summed E-state index contributed by atoms with van der Waals surface area (Å²) in [6.45, 7) is 5.72. The molecule has 0 atom stereocenters. The summed E-state index contributed by atoms with van der Waals surface area (Å²) in [4.78, 5) is 1.47. The van der Waals surface area contributed by atoms with E-state index in [0.29, 0.717) is 12.1 Å². The molecule has 2 rings (SSSR count). The van der Waals surface area contributed by atoms with E-state index in [0.717, 1.165) is 6.54 Å². The van der Waals surface area contributed by atoms with Gasteiger partial charge in [0.05, 0.1) is 6.10 Å². The number of methoxy groups -OCH3 is 1. The average Bonchev–Trinajstić information content (AvgIpc) is 2.92. The number of hydrogen-bond donors (Lipinski definition) is 1. The van der Waals surface area contributed by atoms with Crippen molar-refractivity contribution in [3.8, 4) is 0 Å². The molecule has 1 N–H and O–H groups in total. The van der Waals surface area contributed by atoms with Crippen LogP contribution in [0.5, 0.6) is 0 Å². The van der Waals surface area contributed by atoms with Crippen molar-refractivity contribution in [1.29, 1.82) is 0 Å². The summed E-state index contributed by atoms with van der Waals surface area (Å²) in [5, 5.41) is 5.91. The average molecular weight is 267 g/mol. The lowest BCUT2D eigenvalue weighted by atomic mass is 9.88. The summed E-state index contributed by atoms with van der Waals surface area (Å²) in [7, 11) is 1.83. The zero-order chi connectivity index (χ0) is 13.0. The van der Waals surface area contributed by atoms with Gasteiger partial charge in [-0.05, 0) is 37.1 Å². The maximum absolute atomic E-state index is 5.42. The molecule has 0 aliphatic heterocycles. The maximum Gasteiger partial charge on any atom is 0.0572 e. The highest BCUT2D eigenvalue weighted by atomic mass is 32.1. The Bertz CT molecular complexity index is 339. The molecular weight excluding hydrogens is 242 g/mol. The largest absolute Gasteiger partial charge is 0.381 e. The highest BCUT2D eigenvalue weighted by Gasteiger charge is 2.25. The van der Waals surface area contributed by atoms with E-state index in [-0.39, 0.29) is 5.41 Å². The third-order valence-electron chi connectivity index (χ3n) is 4.03. The van der Waals surface area contributed by atoms with Crippen molar-refractivity contribution in [3.63, 3.8) is 0 Å². The van der Waals surface area contributed by atoms with Crippen LogP contribution in [0.25, 0.3) is 0 Å². The molecule has 0 unspecified atom stereocenters. The Morgan fingerprint density at radius 3 is 2.61 bits per heavy atom. The Kier molecular flexibility index (Phi) is 4.82. The standard InChI is InChI=1S/C15H25NOS/c1-15(2,14-5-4-10-18-14)11-16-12-6-8-13(17-3)9-7-12/h4-5,10,12-13,16H,6-9,11H2,1-3H3. The second-order valence-corrected chi connectivity index (χ2v) is 6.90. The fraction of sp³-hybridized carbons (Fsp3) is 0.733. The van der Waals surface area contributed by atoms with Crippen LogP contribution < -0.4 is 5.32 Å². The smallest absolute Gasteiger partial charge is 0.0572 e. The zero-order valence-electron chi connectivity index (χ0n) is 11.7. The lowest BCUT2D eigenvalue weighted by Crippen LogP contribution is -2.41. The van der Waals surface area contributed by atoms with E-state index in [1.807, 2.05) is 18.4 Å². The SMILES string of the molecule is COC1CCC(NCC(C)(C)c2cccs2)CC1. The maximum atomic E-state index is 5.42. The van der Waals surface area contributed by atoms with Crippen molar-refractivity contribution in [2.45, 2.75) is 57.1 Å². The number of hydrogen-bond acceptors (Lipinski definition) is 3. The quantitative estimate of drug-likeness (QED) is 0.880. The van der Waals surface area contributed by atoms with Gasteiger partial charge in [-0.3, -0.25) is 0 Å². The molecule has 18 heavy (non-hydrogen) atoms. The number of ether oxygens (including phenoxy) is 1. The second kappa shape index (κ2) is 6.18. The molecule has 0 bridgehead atoms. The predicted octanol–water partition coefficient (Wildman–Crippen LogP) is 3.57. The van der Waals surface area contributed by atoms with Crippen LogP contribution in [0.1, 0.15) is 44.4 Å². The Labute approximate surface area is 115 Å². The fourth-order valence-electron chi connectivity index (χ4n) is 2.65. The Morgan fingerprint density at radius 1 is 1.33 bits per heavy atom. The highest BCUT2D eigenvalue weighted by molar-refractivity contribution is 7.10. The van der Waals surface area contributed by atoms with Crippen LogP contribution >= 0.6 is 11.3 Å². The molecule has 2 nitrogen and oxygen atoms in total. The van der Waals surface area contributed by atoms with E-state index >= 15 is 0 Å². The summed E-state index contributed by atoms with van der Waals surface area (Å²) >= 11 is 1.86. The molecule has 0 aromatic carbocycles. The van der Waals surface area contributed by atoms with E-state index < -0.39 is 0 Å². The van der Waals surface area contributed by atoms with E-state index in [4.69, 9.17) is 4.74 Å². The van der Waals surface area contributed by atoms with Crippen molar-refractivity contribution in [1.82, 2.24) is 5.32 Å². The van der Waals surface area contributed by atoms with Gasteiger partial charge in [-0.15, -0.1) is 11.3 Å². The van der Waals surface area contributed by atoms with Crippen molar-refractivity contribution in [2.75, 3.05) is 13.7 Å². The normalized spacial score (nSPS) is 25.3. The van der Waals surface area contributed by atoms with Crippen LogP contribution in [0.4, 0.5) is 0 Å². The monoisotopic (exact) mass is 267 g/mol. The molecular formula is C15H25NOS. The van der Waals surface area contributed by atoms with Gasteiger partial charge in [-0.2, -0.15) is 0 Å². The van der Waals surface area contributed by atoms with Crippen LogP contribution in [-0.4, -0.2) is 25.8 Å². The second-order valence-electron chi connectivity index (χ2n) is 5.95. The van der Waals surface area contributed by atoms with Gasteiger partial charge in [0.15, 0.2) is 0 Å². The first-order valence-electron chi connectivity index (χ1n) is 6.92. The molecule has 1 aromatic heterocycles. The highest BCUT2D eigenvalue weighted by Crippen LogP contribution is 2.28. The molecule has 0 spiro atoms. The van der Waals surface area contributed by atoms with Crippen molar-refractivity contribution in [3.05, 3.63) is 22.4 Å². The zero-order valence-corrected chi connectivity index (χ0v) is 12.6. The first-order chi connectivity index (χ1) is 8.62. The Morgan fingerprint density at radius 2 is 2.06 bits per heavy atom. The number of nitrogens with one attached hydrogen (secondary N) is 1. The van der Waals surface area contributed by atoms with E-state index in [1.165, 1.54) is 30.6 Å². The van der Waals surface area contributed by atoms with Crippen LogP contribution in [0, 0.1) is 0 Å². The minimum absolute atomic E-state index is 0.242. The summed E-state index contributed by atoms with van der Waals surface area (Å²) < 4.78 is 5.42. The van der Waals surface area contributed by atoms with Gasteiger partial charge in [0.25, 0.3) is 0 Å². The summed E-state index contributed by atoms with van der Waals surface area (Å²) in [6.07, 6.45) is 5.40. The molecule has 3 heteroatoms. The molecule has 1 aliphatic rings. The minimum atomic E-state index is 0.242. The third kappa shape index (κ3) is 3.56. The molecule has 1 fully saturated rings. The molecule has 1 aliphatic carbocycles. The molecule has 1 saturated carbocycles. The molecule has 1 heterocycles. The first kappa shape index (κ1) is 14.0. The summed E-state index contributed by atoms with van der Waals surface area (Å²) in [6, 6.07) is 5.07. The topological polar surface area (TPSA) is 21.3 Å². The Hall–Kier alpha value is -0.380. The van der Waals surface area contributed by atoms with E-state index in [1.54, 1.807) is 0 Å². The van der Waals surface area contributed by atoms with Crippen LogP contribution in [0.15, 0.2) is 17.5 Å². The van der Waals surface area contributed by atoms with Gasteiger partial charge >= 0.3 is 0 Å². The molecule has 0 radical (unpaired) electrons. The van der Waals surface area contributed by atoms with Gasteiger partial charge < -0.3 is 10.1 Å². The lowest BCUT2D eigenvalue weighted by molar-refractivity contribution is 0.0620.